The van der Waals surface area contributed by atoms with Crippen molar-refractivity contribution < 1.29 is 37.0 Å². The average molecular weight is 553 g/mol. The summed E-state index contributed by atoms with van der Waals surface area (Å²) in [6.45, 7) is 7.20. The summed E-state index contributed by atoms with van der Waals surface area (Å²) in [4.78, 5) is 25.4. The molecular weight excluding hydrogens is 521 g/mol. The number of benzene rings is 1. The van der Waals surface area contributed by atoms with Crippen LogP contribution in [0.25, 0.3) is 11.5 Å². The summed E-state index contributed by atoms with van der Waals surface area (Å²) in [6, 6.07) is 4.74. The quantitative estimate of drug-likeness (QED) is 0.278. The number of aromatic nitrogens is 4. The van der Waals surface area contributed by atoms with Crippen molar-refractivity contribution in [3.63, 3.8) is 0 Å². The standard InChI is InChI=1S/C25H31F3N6O5/c1-5-6-7-16(18(35)20(36)31-17-12-13-29-32-17)30-23(37)38-19(24(2,3)4)22-34-33-21(39-22)14-8-10-15(11-9-14)25(26,27)28/h8-13,16,18-19,35H,5-7H2,1-4H3,(H,30,37)(H2,29,31,32,36)/t16-,18+,19-/m0/s1. The third-order valence-corrected chi connectivity index (χ3v) is 5.72. The number of H-pyrrole nitrogens is 1. The highest BCUT2D eigenvalue weighted by Crippen LogP contribution is 2.37. The lowest BCUT2D eigenvalue weighted by atomic mass is 9.89. The van der Waals surface area contributed by atoms with Crippen molar-refractivity contribution >= 4 is 17.8 Å². The Labute approximate surface area is 222 Å². The first-order chi connectivity index (χ1) is 18.3. The number of ether oxygens (including phenoxy) is 1. The van der Waals surface area contributed by atoms with Crippen LogP contribution in [0.1, 0.15) is 64.5 Å². The smallest absolute Gasteiger partial charge is 0.416 e. The number of halogens is 3. The monoisotopic (exact) mass is 552 g/mol. The number of alkyl carbamates (subject to hydrolysis) is 1. The second kappa shape index (κ2) is 12.3. The van der Waals surface area contributed by atoms with Crippen LogP contribution in [-0.4, -0.2) is 49.6 Å². The minimum atomic E-state index is -4.49. The van der Waals surface area contributed by atoms with Gasteiger partial charge >= 0.3 is 12.3 Å². The predicted molar refractivity (Wildman–Crippen MR) is 133 cm³/mol. The molecule has 0 saturated heterocycles. The van der Waals surface area contributed by atoms with E-state index in [2.05, 4.69) is 31.0 Å². The summed E-state index contributed by atoms with van der Waals surface area (Å²) >= 11 is 0. The number of aromatic amines is 1. The molecule has 0 unspecified atom stereocenters. The van der Waals surface area contributed by atoms with E-state index in [1.807, 2.05) is 6.92 Å². The average Bonchev–Trinajstić information content (AvgIpc) is 3.56. The molecule has 0 aliphatic carbocycles. The number of carbonyl (C=O) groups is 2. The van der Waals surface area contributed by atoms with Gasteiger partial charge in [-0.1, -0.05) is 40.5 Å². The van der Waals surface area contributed by atoms with Crippen molar-refractivity contribution in [1.82, 2.24) is 25.7 Å². The maximum Gasteiger partial charge on any atom is 0.416 e. The molecule has 0 saturated carbocycles. The zero-order chi connectivity index (χ0) is 28.8. The van der Waals surface area contributed by atoms with Crippen LogP contribution in [0, 0.1) is 5.41 Å². The number of rotatable bonds is 10. The van der Waals surface area contributed by atoms with Crippen LogP contribution in [0.3, 0.4) is 0 Å². The third kappa shape index (κ3) is 8.02. The van der Waals surface area contributed by atoms with Gasteiger partial charge in [0.05, 0.1) is 17.8 Å². The van der Waals surface area contributed by atoms with Crippen molar-refractivity contribution in [2.75, 3.05) is 5.32 Å². The topological polar surface area (TPSA) is 155 Å². The lowest BCUT2D eigenvalue weighted by molar-refractivity contribution is -0.137. The first kappa shape index (κ1) is 29.6. The molecule has 3 aromatic rings. The van der Waals surface area contributed by atoms with E-state index in [1.165, 1.54) is 24.4 Å². The molecule has 1 aromatic carbocycles. The number of nitrogens with zero attached hydrogens (tertiary/aromatic N) is 3. The molecule has 0 fully saturated rings. The first-order valence-corrected chi connectivity index (χ1v) is 12.3. The number of hydrogen-bond donors (Lipinski definition) is 4. The largest absolute Gasteiger partial charge is 0.436 e. The Morgan fingerprint density at radius 3 is 2.38 bits per heavy atom. The van der Waals surface area contributed by atoms with Gasteiger partial charge in [0, 0.05) is 17.0 Å². The molecule has 14 heteroatoms. The highest BCUT2D eigenvalue weighted by atomic mass is 19.4. The van der Waals surface area contributed by atoms with Crippen LogP contribution in [0.4, 0.5) is 23.8 Å². The molecule has 3 atom stereocenters. The molecule has 2 amide bonds. The van der Waals surface area contributed by atoms with Gasteiger partial charge in [0.1, 0.15) is 5.82 Å². The van der Waals surface area contributed by atoms with Gasteiger partial charge in [0.15, 0.2) is 12.2 Å². The Hall–Kier alpha value is -3.94. The molecule has 39 heavy (non-hydrogen) atoms. The van der Waals surface area contributed by atoms with Crippen LogP contribution < -0.4 is 10.6 Å². The van der Waals surface area contributed by atoms with Crippen molar-refractivity contribution in [2.24, 2.45) is 5.41 Å². The van der Waals surface area contributed by atoms with E-state index < -0.39 is 47.4 Å². The normalized spacial score (nSPS) is 14.4. The predicted octanol–water partition coefficient (Wildman–Crippen LogP) is 4.85. The number of anilines is 1. The van der Waals surface area contributed by atoms with E-state index in [0.29, 0.717) is 12.8 Å². The number of aliphatic hydroxyl groups excluding tert-OH is 1. The molecule has 0 aliphatic heterocycles. The van der Waals surface area contributed by atoms with Crippen molar-refractivity contribution in [2.45, 2.75) is 71.4 Å². The zero-order valence-electron chi connectivity index (χ0n) is 21.9. The van der Waals surface area contributed by atoms with Gasteiger partial charge in [0.25, 0.3) is 11.8 Å². The van der Waals surface area contributed by atoms with Crippen LogP contribution in [0.15, 0.2) is 40.9 Å². The Balaban J connectivity index is 1.74. The Kier molecular flexibility index (Phi) is 9.32. The molecule has 2 aromatic heterocycles. The Bertz CT molecular complexity index is 1220. The number of amides is 2. The van der Waals surface area contributed by atoms with E-state index >= 15 is 0 Å². The second-order valence-electron chi connectivity index (χ2n) is 9.97. The fraction of sp³-hybridized carbons (Fsp3) is 0.480. The molecule has 212 valence electrons. The van der Waals surface area contributed by atoms with E-state index in [1.54, 1.807) is 20.8 Å². The van der Waals surface area contributed by atoms with E-state index in [-0.39, 0.29) is 23.2 Å². The fourth-order valence-corrected chi connectivity index (χ4v) is 3.60. The molecular formula is C25H31F3N6O5. The summed E-state index contributed by atoms with van der Waals surface area (Å²) < 4.78 is 49.9. The van der Waals surface area contributed by atoms with Crippen molar-refractivity contribution in [3.8, 4) is 11.5 Å². The van der Waals surface area contributed by atoms with Crippen LogP contribution in [0.2, 0.25) is 0 Å². The van der Waals surface area contributed by atoms with Gasteiger partial charge in [-0.05, 0) is 30.7 Å². The summed E-state index contributed by atoms with van der Waals surface area (Å²) in [5, 5.41) is 29.8. The molecule has 0 aliphatic rings. The second-order valence-corrected chi connectivity index (χ2v) is 9.97. The molecule has 2 heterocycles. The summed E-state index contributed by atoms with van der Waals surface area (Å²) in [6.07, 6.45) is -4.98. The molecule has 0 bridgehead atoms. The van der Waals surface area contributed by atoms with Crippen LogP contribution in [-0.2, 0) is 15.7 Å². The lowest BCUT2D eigenvalue weighted by Gasteiger charge is -2.29. The number of hydrogen-bond acceptors (Lipinski definition) is 8. The van der Waals surface area contributed by atoms with Crippen LogP contribution in [0.5, 0.6) is 0 Å². The van der Waals surface area contributed by atoms with E-state index in [0.717, 1.165) is 18.6 Å². The zero-order valence-corrected chi connectivity index (χ0v) is 21.9. The summed E-state index contributed by atoms with van der Waals surface area (Å²) in [7, 11) is 0. The Morgan fingerprint density at radius 2 is 1.82 bits per heavy atom. The van der Waals surface area contributed by atoms with Crippen molar-refractivity contribution in [3.05, 3.63) is 48.0 Å². The fourth-order valence-electron chi connectivity index (χ4n) is 3.60. The van der Waals surface area contributed by atoms with Gasteiger partial charge in [-0.2, -0.15) is 18.3 Å². The van der Waals surface area contributed by atoms with Gasteiger partial charge in [-0.3, -0.25) is 9.89 Å². The lowest BCUT2D eigenvalue weighted by Crippen LogP contribution is -2.49. The van der Waals surface area contributed by atoms with Gasteiger partial charge in [-0.25, -0.2) is 4.79 Å². The third-order valence-electron chi connectivity index (χ3n) is 5.72. The number of alkyl halides is 3. The highest BCUT2D eigenvalue weighted by Gasteiger charge is 2.37. The minimum Gasteiger partial charge on any atom is -0.436 e. The molecule has 0 radical (unpaired) electrons. The summed E-state index contributed by atoms with van der Waals surface area (Å²) in [5.74, 6) is -0.589. The molecule has 0 spiro atoms. The maximum absolute atomic E-state index is 12.9. The maximum atomic E-state index is 12.9. The van der Waals surface area contributed by atoms with Gasteiger partial charge < -0.3 is 24.9 Å². The highest BCUT2D eigenvalue weighted by molar-refractivity contribution is 5.94. The van der Waals surface area contributed by atoms with Crippen molar-refractivity contribution in [1.29, 1.82) is 0 Å². The van der Waals surface area contributed by atoms with E-state index in [9.17, 15) is 27.9 Å². The van der Waals surface area contributed by atoms with E-state index in [4.69, 9.17) is 9.15 Å². The Morgan fingerprint density at radius 1 is 1.13 bits per heavy atom. The number of aliphatic hydroxyl groups is 1. The number of carbonyl (C=O) groups excluding carboxylic acids is 2. The molecule has 11 nitrogen and oxygen atoms in total. The number of nitrogens with one attached hydrogen (secondary N) is 3. The number of unbranched alkanes of at least 4 members (excludes halogenated alkanes) is 1. The van der Waals surface area contributed by atoms with Gasteiger partial charge in [-0.15, -0.1) is 10.2 Å². The van der Waals surface area contributed by atoms with Crippen LogP contribution >= 0.6 is 0 Å². The first-order valence-electron chi connectivity index (χ1n) is 12.3. The minimum absolute atomic E-state index is 0.0521. The van der Waals surface area contributed by atoms with Gasteiger partial charge in [0.2, 0.25) is 5.89 Å². The SMILES string of the molecule is CCCC[C@H](NC(=O)O[C@@H](c1nnc(-c2ccc(C(F)(F)F)cc2)o1)C(C)(C)C)[C@@H](O)C(=O)Nc1ccn[nH]1. The molecule has 3 rings (SSSR count). The summed E-state index contributed by atoms with van der Waals surface area (Å²) in [5.41, 5.74) is -1.31. The molecule has 4 N–H and O–H groups in total.